The smallest absolute Gasteiger partial charge is 0.225 e. The maximum atomic E-state index is 4.55. The van der Waals surface area contributed by atoms with Gasteiger partial charge in [0.25, 0.3) is 0 Å². The Bertz CT molecular complexity index is 669. The van der Waals surface area contributed by atoms with Gasteiger partial charge in [-0.1, -0.05) is 0 Å². The van der Waals surface area contributed by atoms with E-state index in [1.807, 2.05) is 25.4 Å². The predicted octanol–water partition coefficient (Wildman–Crippen LogP) is 1.28. The highest BCUT2D eigenvalue weighted by Gasteiger charge is 2.24. The van der Waals surface area contributed by atoms with Gasteiger partial charge >= 0.3 is 0 Å². The van der Waals surface area contributed by atoms with Crippen LogP contribution < -0.4 is 15.5 Å². The summed E-state index contributed by atoms with van der Waals surface area (Å²) in [6.07, 6.45) is 6.03. The molecule has 0 amide bonds. The summed E-state index contributed by atoms with van der Waals surface area (Å²) in [5.74, 6) is 2.56. The molecule has 24 heavy (non-hydrogen) atoms. The van der Waals surface area contributed by atoms with Crippen molar-refractivity contribution < 1.29 is 0 Å². The number of piperidine rings is 1. The van der Waals surface area contributed by atoms with Gasteiger partial charge in [-0.05, 0) is 25.8 Å². The molecule has 128 valence electrons. The molecule has 1 fully saturated rings. The van der Waals surface area contributed by atoms with Gasteiger partial charge in [-0.25, -0.2) is 14.6 Å². The Morgan fingerprint density at radius 3 is 3.04 bits per heavy atom. The minimum atomic E-state index is 0.503. The topological polar surface area (TPSA) is 70.9 Å². The van der Waals surface area contributed by atoms with Gasteiger partial charge in [0, 0.05) is 63.1 Å². The molecule has 2 atom stereocenters. The van der Waals surface area contributed by atoms with Crippen molar-refractivity contribution >= 4 is 11.8 Å². The number of fused-ring (bicyclic) bond motifs is 1. The number of nitrogens with zero attached hydrogens (tertiary/aromatic N) is 5. The van der Waals surface area contributed by atoms with Crippen LogP contribution in [0, 0.1) is 12.8 Å². The number of aromatic nitrogens is 4. The maximum Gasteiger partial charge on any atom is 0.225 e. The fraction of sp³-hybridized carbons (Fsp3) is 0.588. The summed E-state index contributed by atoms with van der Waals surface area (Å²) in [6.45, 7) is 7.08. The molecule has 0 saturated carbocycles. The predicted molar refractivity (Wildman–Crippen MR) is 94.2 cm³/mol. The Labute approximate surface area is 142 Å². The molecule has 2 aromatic rings. The largest absolute Gasteiger partial charge is 0.370 e. The van der Waals surface area contributed by atoms with Gasteiger partial charge in [-0.2, -0.15) is 5.10 Å². The van der Waals surface area contributed by atoms with Crippen LogP contribution in [0.1, 0.15) is 18.5 Å². The first-order valence-electron chi connectivity index (χ1n) is 8.81. The number of hydrogen-bond acceptors (Lipinski definition) is 6. The standard InChI is InChI=1S/C17H25N7/c1-13-8-16-21-10-14(11-24(16)22-13)9-20-15-4-2-7-23(12-15)17-18-5-3-6-19-17/h3,5-6,8,14-15,20-21H,2,4,7,9-12H2,1H3/t14-,15+/m1/s1. The lowest BCUT2D eigenvalue weighted by Gasteiger charge is -2.34. The molecule has 2 aliphatic heterocycles. The zero-order valence-corrected chi connectivity index (χ0v) is 14.1. The van der Waals surface area contributed by atoms with Crippen molar-refractivity contribution in [3.63, 3.8) is 0 Å². The minimum absolute atomic E-state index is 0.503. The van der Waals surface area contributed by atoms with E-state index in [0.29, 0.717) is 12.0 Å². The van der Waals surface area contributed by atoms with E-state index >= 15 is 0 Å². The molecule has 4 heterocycles. The van der Waals surface area contributed by atoms with Gasteiger partial charge in [-0.3, -0.25) is 0 Å². The SMILES string of the molecule is Cc1cc2n(n1)C[C@H](CN[C@H]1CCCN(c3ncccn3)C1)CN2. The lowest BCUT2D eigenvalue weighted by molar-refractivity contribution is 0.345. The Hall–Kier alpha value is -2.15. The first-order chi connectivity index (χ1) is 11.8. The fourth-order valence-electron chi connectivity index (χ4n) is 3.63. The fourth-order valence-corrected chi connectivity index (χ4v) is 3.63. The molecule has 4 rings (SSSR count). The Balaban J connectivity index is 1.30. The van der Waals surface area contributed by atoms with E-state index in [1.165, 1.54) is 12.8 Å². The third-order valence-electron chi connectivity index (χ3n) is 4.86. The number of nitrogens with one attached hydrogen (secondary N) is 2. The first kappa shape index (κ1) is 15.4. The van der Waals surface area contributed by atoms with Crippen LogP contribution >= 0.6 is 0 Å². The Kier molecular flexibility index (Phi) is 4.34. The molecule has 7 heteroatoms. The van der Waals surface area contributed by atoms with Crippen molar-refractivity contribution in [1.82, 2.24) is 25.1 Å². The molecule has 7 nitrogen and oxygen atoms in total. The van der Waals surface area contributed by atoms with Crippen LogP contribution in [0.5, 0.6) is 0 Å². The molecule has 1 saturated heterocycles. The summed E-state index contributed by atoms with van der Waals surface area (Å²) in [7, 11) is 0. The first-order valence-corrected chi connectivity index (χ1v) is 8.81. The zero-order chi connectivity index (χ0) is 16.4. The highest BCUT2D eigenvalue weighted by atomic mass is 15.3. The maximum absolute atomic E-state index is 4.55. The minimum Gasteiger partial charge on any atom is -0.370 e. The summed E-state index contributed by atoms with van der Waals surface area (Å²) in [6, 6.07) is 4.48. The molecule has 0 aromatic carbocycles. The van der Waals surface area contributed by atoms with Crippen LogP contribution in [0.15, 0.2) is 24.5 Å². The van der Waals surface area contributed by atoms with Crippen molar-refractivity contribution in [3.8, 4) is 0 Å². The summed E-state index contributed by atoms with van der Waals surface area (Å²) in [5.41, 5.74) is 1.08. The monoisotopic (exact) mass is 327 g/mol. The van der Waals surface area contributed by atoms with Crippen LogP contribution in [0.25, 0.3) is 0 Å². The van der Waals surface area contributed by atoms with E-state index in [9.17, 15) is 0 Å². The van der Waals surface area contributed by atoms with Crippen molar-refractivity contribution in [1.29, 1.82) is 0 Å². The number of aryl methyl sites for hydroxylation is 1. The molecule has 0 unspecified atom stereocenters. The lowest BCUT2D eigenvalue weighted by atomic mass is 10.0. The van der Waals surface area contributed by atoms with Crippen LogP contribution in [0.3, 0.4) is 0 Å². The van der Waals surface area contributed by atoms with Crippen LogP contribution in [0.4, 0.5) is 11.8 Å². The molecule has 0 spiro atoms. The quantitative estimate of drug-likeness (QED) is 0.882. The number of anilines is 2. The van der Waals surface area contributed by atoms with Crippen molar-refractivity contribution in [2.45, 2.75) is 32.4 Å². The van der Waals surface area contributed by atoms with Gasteiger partial charge in [0.2, 0.25) is 5.95 Å². The highest BCUT2D eigenvalue weighted by Crippen LogP contribution is 2.19. The molecule has 2 aliphatic rings. The average Bonchev–Trinajstić information content (AvgIpc) is 3.00. The van der Waals surface area contributed by atoms with Gasteiger partial charge in [0.15, 0.2) is 0 Å². The molecule has 2 N–H and O–H groups in total. The Morgan fingerprint density at radius 2 is 2.17 bits per heavy atom. The van der Waals surface area contributed by atoms with Crippen LogP contribution in [-0.4, -0.2) is 52.0 Å². The normalized spacial score (nSPS) is 23.6. The van der Waals surface area contributed by atoms with E-state index in [-0.39, 0.29) is 0 Å². The Morgan fingerprint density at radius 1 is 1.29 bits per heavy atom. The van der Waals surface area contributed by atoms with E-state index in [2.05, 4.69) is 41.3 Å². The third kappa shape index (κ3) is 3.36. The van der Waals surface area contributed by atoms with E-state index in [1.54, 1.807) is 0 Å². The molecular weight excluding hydrogens is 302 g/mol. The molecule has 0 bridgehead atoms. The zero-order valence-electron chi connectivity index (χ0n) is 14.1. The molecule has 0 aliphatic carbocycles. The molecular formula is C17H25N7. The highest BCUT2D eigenvalue weighted by molar-refractivity contribution is 5.38. The average molecular weight is 327 g/mol. The third-order valence-corrected chi connectivity index (χ3v) is 4.86. The van der Waals surface area contributed by atoms with E-state index in [4.69, 9.17) is 0 Å². The van der Waals surface area contributed by atoms with E-state index in [0.717, 1.165) is 50.2 Å². The van der Waals surface area contributed by atoms with Gasteiger partial charge in [0.1, 0.15) is 5.82 Å². The summed E-state index contributed by atoms with van der Waals surface area (Å²) >= 11 is 0. The summed E-state index contributed by atoms with van der Waals surface area (Å²) in [4.78, 5) is 11.0. The van der Waals surface area contributed by atoms with Crippen molar-refractivity contribution in [2.24, 2.45) is 5.92 Å². The second-order valence-corrected chi connectivity index (χ2v) is 6.84. The van der Waals surface area contributed by atoms with Crippen molar-refractivity contribution in [3.05, 3.63) is 30.2 Å². The van der Waals surface area contributed by atoms with Crippen LogP contribution in [-0.2, 0) is 6.54 Å². The van der Waals surface area contributed by atoms with E-state index < -0.39 is 0 Å². The second-order valence-electron chi connectivity index (χ2n) is 6.84. The lowest BCUT2D eigenvalue weighted by Crippen LogP contribution is -2.48. The summed E-state index contributed by atoms with van der Waals surface area (Å²) in [5, 5.41) is 11.8. The number of rotatable bonds is 4. The van der Waals surface area contributed by atoms with Gasteiger partial charge < -0.3 is 15.5 Å². The second kappa shape index (κ2) is 6.76. The van der Waals surface area contributed by atoms with Gasteiger partial charge in [0.05, 0.1) is 5.69 Å². The molecule has 2 aromatic heterocycles. The molecule has 0 radical (unpaired) electrons. The van der Waals surface area contributed by atoms with Gasteiger partial charge in [-0.15, -0.1) is 0 Å². The van der Waals surface area contributed by atoms with Crippen LogP contribution in [0.2, 0.25) is 0 Å². The summed E-state index contributed by atoms with van der Waals surface area (Å²) < 4.78 is 2.09. The number of hydrogen-bond donors (Lipinski definition) is 2. The van der Waals surface area contributed by atoms with Crippen molar-refractivity contribution in [2.75, 3.05) is 36.4 Å².